The van der Waals surface area contributed by atoms with Gasteiger partial charge in [-0.2, -0.15) is 0 Å². The molecule has 6 nitrogen and oxygen atoms in total. The van der Waals surface area contributed by atoms with Gasteiger partial charge in [-0.3, -0.25) is 0 Å². The fourth-order valence-corrected chi connectivity index (χ4v) is 5.37. The van der Waals surface area contributed by atoms with Gasteiger partial charge < -0.3 is 4.57 Å². The van der Waals surface area contributed by atoms with Crippen LogP contribution in [0.3, 0.4) is 0 Å². The number of hydrogen-bond acceptors (Lipinski definition) is 6. The van der Waals surface area contributed by atoms with Crippen molar-refractivity contribution in [3.63, 3.8) is 0 Å². The molecule has 112 valence electrons. The molecule has 0 spiro atoms. The molecule has 0 unspecified atom stereocenters. The van der Waals surface area contributed by atoms with Crippen LogP contribution >= 0.6 is 11.8 Å². The van der Waals surface area contributed by atoms with Crippen molar-refractivity contribution in [2.75, 3.05) is 11.5 Å². The minimum Gasteiger partial charge on any atom is -0.322 e. The van der Waals surface area contributed by atoms with Crippen LogP contribution in [-0.2, 0) is 9.84 Å². The van der Waals surface area contributed by atoms with Crippen LogP contribution in [-0.4, -0.2) is 39.4 Å². The minimum absolute atomic E-state index is 0.0454. The van der Waals surface area contributed by atoms with Gasteiger partial charge in [-0.25, -0.2) is 23.4 Å². The SMILES string of the molecule is O=S(=O)(C[C@H]1CSc2ncnc3ncn1c23)c1ccccc1. The highest BCUT2D eigenvalue weighted by molar-refractivity contribution is 7.99. The predicted molar refractivity (Wildman–Crippen MR) is 83.6 cm³/mol. The second-order valence-corrected chi connectivity index (χ2v) is 8.11. The fraction of sp³-hybridized carbons (Fsp3) is 0.214. The zero-order chi connectivity index (χ0) is 15.2. The number of aromatic nitrogens is 4. The number of rotatable bonds is 3. The average Bonchev–Trinajstić information content (AvgIpc) is 2.97. The number of sulfone groups is 1. The number of hydrogen-bond donors (Lipinski definition) is 0. The molecule has 8 heteroatoms. The van der Waals surface area contributed by atoms with Crippen LogP contribution < -0.4 is 0 Å². The van der Waals surface area contributed by atoms with Crippen LogP contribution in [0.5, 0.6) is 0 Å². The molecule has 3 heterocycles. The van der Waals surface area contributed by atoms with Crippen LogP contribution in [0.15, 0.2) is 52.9 Å². The summed E-state index contributed by atoms with van der Waals surface area (Å²) < 4.78 is 27.0. The molecule has 0 radical (unpaired) electrons. The van der Waals surface area contributed by atoms with E-state index in [9.17, 15) is 8.42 Å². The summed E-state index contributed by atoms with van der Waals surface area (Å²) in [7, 11) is -3.34. The molecule has 22 heavy (non-hydrogen) atoms. The van der Waals surface area contributed by atoms with Crippen molar-refractivity contribution >= 4 is 32.8 Å². The van der Waals surface area contributed by atoms with E-state index in [1.54, 1.807) is 42.4 Å². The number of benzene rings is 1. The molecular weight excluding hydrogens is 320 g/mol. The van der Waals surface area contributed by atoms with E-state index in [-0.39, 0.29) is 11.8 Å². The van der Waals surface area contributed by atoms with Crippen LogP contribution in [0.4, 0.5) is 0 Å². The first-order chi connectivity index (χ1) is 10.6. The highest BCUT2D eigenvalue weighted by Gasteiger charge is 2.28. The molecule has 1 atom stereocenters. The van der Waals surface area contributed by atoms with Crippen molar-refractivity contribution < 1.29 is 8.42 Å². The molecule has 0 saturated carbocycles. The Bertz CT molecular complexity index is 938. The fourth-order valence-electron chi connectivity index (χ4n) is 2.59. The highest BCUT2D eigenvalue weighted by atomic mass is 32.2. The molecular formula is C14H12N4O2S2. The summed E-state index contributed by atoms with van der Waals surface area (Å²) in [6.07, 6.45) is 3.15. The lowest BCUT2D eigenvalue weighted by molar-refractivity contribution is 0.563. The van der Waals surface area contributed by atoms with Crippen LogP contribution in [0.1, 0.15) is 6.04 Å². The first-order valence-corrected chi connectivity index (χ1v) is 9.37. The molecule has 0 saturated heterocycles. The third-order valence-corrected chi connectivity index (χ3v) is 6.59. The molecule has 0 aliphatic carbocycles. The van der Waals surface area contributed by atoms with Gasteiger partial charge in [0.2, 0.25) is 0 Å². The third-order valence-electron chi connectivity index (χ3n) is 3.65. The Balaban J connectivity index is 1.73. The zero-order valence-corrected chi connectivity index (χ0v) is 13.1. The summed E-state index contributed by atoms with van der Waals surface area (Å²) in [5, 5.41) is 0.857. The maximum Gasteiger partial charge on any atom is 0.181 e. The molecule has 0 fully saturated rings. The van der Waals surface area contributed by atoms with Gasteiger partial charge in [-0.15, -0.1) is 11.8 Å². The second-order valence-electron chi connectivity index (χ2n) is 5.06. The molecule has 0 amide bonds. The zero-order valence-electron chi connectivity index (χ0n) is 11.5. The topological polar surface area (TPSA) is 77.7 Å². The standard InChI is InChI=1S/C14H12N4O2S2/c19-22(20,11-4-2-1-3-5-11)7-10-6-21-14-12-13(15-8-16-14)17-9-18(10)12/h1-5,8-10H,6-7H2/t10-/m1/s1. The summed E-state index contributed by atoms with van der Waals surface area (Å²) in [5.41, 5.74) is 1.44. The van der Waals surface area contributed by atoms with E-state index < -0.39 is 9.84 Å². The van der Waals surface area contributed by atoms with E-state index in [2.05, 4.69) is 15.0 Å². The molecule has 1 aromatic carbocycles. The molecule has 1 aliphatic rings. The van der Waals surface area contributed by atoms with Crippen LogP contribution in [0, 0.1) is 0 Å². The lowest BCUT2D eigenvalue weighted by Crippen LogP contribution is -2.24. The Morgan fingerprint density at radius 1 is 1.18 bits per heavy atom. The van der Waals surface area contributed by atoms with Gasteiger partial charge in [0.25, 0.3) is 0 Å². The normalized spacial score (nSPS) is 17.7. The summed E-state index contributed by atoms with van der Waals surface area (Å²) in [6.45, 7) is 0. The van der Waals surface area contributed by atoms with E-state index in [4.69, 9.17) is 0 Å². The third kappa shape index (κ3) is 2.19. The summed E-state index contributed by atoms with van der Waals surface area (Å²) in [5.74, 6) is 0.700. The molecule has 3 aromatic rings. The van der Waals surface area contributed by atoms with Gasteiger partial charge in [0, 0.05) is 5.75 Å². The van der Waals surface area contributed by atoms with Gasteiger partial charge in [0.1, 0.15) is 16.9 Å². The average molecular weight is 332 g/mol. The maximum absolute atomic E-state index is 12.6. The first kappa shape index (κ1) is 13.7. The first-order valence-electron chi connectivity index (χ1n) is 6.73. The van der Waals surface area contributed by atoms with Crippen molar-refractivity contribution in [2.24, 2.45) is 0 Å². The molecule has 1 aliphatic heterocycles. The van der Waals surface area contributed by atoms with Gasteiger partial charge in [-0.1, -0.05) is 18.2 Å². The van der Waals surface area contributed by atoms with E-state index in [1.165, 1.54) is 6.33 Å². The smallest absolute Gasteiger partial charge is 0.181 e. The van der Waals surface area contributed by atoms with Crippen molar-refractivity contribution in [3.8, 4) is 0 Å². The van der Waals surface area contributed by atoms with Gasteiger partial charge >= 0.3 is 0 Å². The van der Waals surface area contributed by atoms with E-state index in [1.807, 2.05) is 10.6 Å². The minimum atomic E-state index is -3.34. The molecule has 2 aromatic heterocycles. The van der Waals surface area contributed by atoms with E-state index >= 15 is 0 Å². The Morgan fingerprint density at radius 2 is 2.00 bits per heavy atom. The Morgan fingerprint density at radius 3 is 2.82 bits per heavy atom. The monoisotopic (exact) mass is 332 g/mol. The molecule has 0 bridgehead atoms. The van der Waals surface area contributed by atoms with Gasteiger partial charge in [0.15, 0.2) is 15.5 Å². The van der Waals surface area contributed by atoms with Crippen molar-refractivity contribution in [3.05, 3.63) is 43.0 Å². The van der Waals surface area contributed by atoms with Gasteiger partial charge in [-0.05, 0) is 12.1 Å². The summed E-state index contributed by atoms with van der Waals surface area (Å²) >= 11 is 1.55. The predicted octanol–water partition coefficient (Wildman–Crippen LogP) is 1.95. The number of thioether (sulfide) groups is 1. The Hall–Kier alpha value is -1.93. The quantitative estimate of drug-likeness (QED) is 0.682. The van der Waals surface area contributed by atoms with E-state index in [0.717, 1.165) is 10.5 Å². The highest BCUT2D eigenvalue weighted by Crippen LogP contribution is 2.35. The second kappa shape index (κ2) is 5.06. The van der Waals surface area contributed by atoms with Crippen molar-refractivity contribution in [1.29, 1.82) is 0 Å². The number of imidazole rings is 1. The lowest BCUT2D eigenvalue weighted by Gasteiger charge is -2.23. The summed E-state index contributed by atoms with van der Waals surface area (Å²) in [6, 6.07) is 8.38. The van der Waals surface area contributed by atoms with E-state index in [0.29, 0.717) is 16.3 Å². The van der Waals surface area contributed by atoms with Crippen LogP contribution in [0.2, 0.25) is 0 Å². The Labute approximate surface area is 131 Å². The van der Waals surface area contributed by atoms with Crippen molar-refractivity contribution in [1.82, 2.24) is 19.5 Å². The van der Waals surface area contributed by atoms with Crippen LogP contribution in [0.25, 0.3) is 11.2 Å². The maximum atomic E-state index is 12.6. The van der Waals surface area contributed by atoms with Crippen molar-refractivity contribution in [2.45, 2.75) is 16.0 Å². The Kier molecular flexibility index (Phi) is 3.16. The summed E-state index contributed by atoms with van der Waals surface area (Å²) in [4.78, 5) is 13.0. The lowest BCUT2D eigenvalue weighted by atomic mass is 10.3. The largest absolute Gasteiger partial charge is 0.322 e. The van der Waals surface area contributed by atoms with Gasteiger partial charge in [0.05, 0.1) is 23.0 Å². The number of nitrogens with zero attached hydrogens (tertiary/aromatic N) is 4. The molecule has 4 rings (SSSR count). The molecule has 0 N–H and O–H groups in total.